The molecule has 1 aliphatic carbocycles. The highest BCUT2D eigenvalue weighted by Gasteiger charge is 2.44. The van der Waals surface area contributed by atoms with Crippen LogP contribution in [0.25, 0.3) is 0 Å². The predicted molar refractivity (Wildman–Crippen MR) is 77.1 cm³/mol. The fourth-order valence-electron chi connectivity index (χ4n) is 3.43. The summed E-state index contributed by atoms with van der Waals surface area (Å²) in [5, 5.41) is 0. The van der Waals surface area contributed by atoms with E-state index in [0.29, 0.717) is 38.4 Å². The maximum absolute atomic E-state index is 12.8. The molecule has 7 heteroatoms. The summed E-state index contributed by atoms with van der Waals surface area (Å²) in [7, 11) is 0. The van der Waals surface area contributed by atoms with Crippen LogP contribution in [0.2, 0.25) is 0 Å². The van der Waals surface area contributed by atoms with Gasteiger partial charge in [0, 0.05) is 19.0 Å². The van der Waals surface area contributed by atoms with E-state index in [1.807, 2.05) is 0 Å². The Morgan fingerprint density at radius 2 is 1.90 bits per heavy atom. The highest BCUT2D eigenvalue weighted by atomic mass is 35.5. The Bertz CT molecular complexity index is 352. The van der Waals surface area contributed by atoms with Crippen molar-refractivity contribution in [3.8, 4) is 0 Å². The number of piperidine rings is 1. The number of hydrogen-bond acceptors (Lipinski definition) is 2. The summed E-state index contributed by atoms with van der Waals surface area (Å²) in [6.45, 7) is 1.82. The average Bonchev–Trinajstić information content (AvgIpc) is 2.46. The summed E-state index contributed by atoms with van der Waals surface area (Å²) in [5.41, 5.74) is 5.64. The van der Waals surface area contributed by atoms with Gasteiger partial charge in [0.2, 0.25) is 5.91 Å². The normalized spacial score (nSPS) is 30.7. The Balaban J connectivity index is 0.00000220. The van der Waals surface area contributed by atoms with Gasteiger partial charge in [-0.15, -0.1) is 12.4 Å². The highest BCUT2D eigenvalue weighted by Crippen LogP contribution is 2.40. The third-order valence-electron chi connectivity index (χ3n) is 4.65. The van der Waals surface area contributed by atoms with E-state index >= 15 is 0 Å². The first-order valence-corrected chi connectivity index (χ1v) is 7.47. The molecule has 1 saturated heterocycles. The lowest BCUT2D eigenvalue weighted by Crippen LogP contribution is -2.46. The second kappa shape index (κ2) is 7.68. The van der Waals surface area contributed by atoms with Crippen LogP contribution in [0.4, 0.5) is 13.2 Å². The molecule has 0 spiro atoms. The third kappa shape index (κ3) is 4.74. The molecule has 2 N–H and O–H groups in total. The molecular weight excluding hydrogens is 305 g/mol. The molecule has 1 aliphatic heterocycles. The molecule has 0 bridgehead atoms. The van der Waals surface area contributed by atoms with Crippen LogP contribution in [0.3, 0.4) is 0 Å². The summed E-state index contributed by atoms with van der Waals surface area (Å²) >= 11 is 0. The van der Waals surface area contributed by atoms with E-state index < -0.39 is 18.0 Å². The number of carbonyl (C=O) groups is 1. The van der Waals surface area contributed by atoms with Crippen molar-refractivity contribution in [3.63, 3.8) is 0 Å². The SMILES string of the molecule is Cl.NCC1CCCN(C(=O)C2CCCC(C(F)(F)F)C2)C1. The van der Waals surface area contributed by atoms with Crippen molar-refractivity contribution in [1.29, 1.82) is 0 Å². The maximum atomic E-state index is 12.8. The second-order valence-corrected chi connectivity index (χ2v) is 6.13. The fourth-order valence-corrected chi connectivity index (χ4v) is 3.43. The molecule has 0 radical (unpaired) electrons. The van der Waals surface area contributed by atoms with Crippen LogP contribution in [0.5, 0.6) is 0 Å². The molecule has 1 amide bonds. The zero-order valence-electron chi connectivity index (χ0n) is 12.1. The largest absolute Gasteiger partial charge is 0.391 e. The summed E-state index contributed by atoms with van der Waals surface area (Å²) in [4.78, 5) is 14.1. The first kappa shape index (κ1) is 18.6. The number of nitrogens with two attached hydrogens (primary N) is 1. The standard InChI is InChI=1S/C14H23F3N2O.ClH/c15-14(16,17)12-5-1-4-11(7-12)13(20)19-6-2-3-10(8-18)9-19;/h10-12H,1-9,18H2;1H. The topological polar surface area (TPSA) is 46.3 Å². The molecule has 0 aromatic rings. The molecule has 1 heterocycles. The van der Waals surface area contributed by atoms with Gasteiger partial charge in [0.05, 0.1) is 5.92 Å². The molecule has 0 aromatic heterocycles. The summed E-state index contributed by atoms with van der Waals surface area (Å²) < 4.78 is 38.4. The quantitative estimate of drug-likeness (QED) is 0.847. The molecule has 3 unspecified atom stereocenters. The highest BCUT2D eigenvalue weighted by molar-refractivity contribution is 5.85. The van der Waals surface area contributed by atoms with Crippen molar-refractivity contribution >= 4 is 18.3 Å². The number of carbonyl (C=O) groups excluding carboxylic acids is 1. The Kier molecular flexibility index (Phi) is 6.78. The molecule has 1 saturated carbocycles. The van der Waals surface area contributed by atoms with E-state index in [1.54, 1.807) is 4.90 Å². The van der Waals surface area contributed by atoms with Gasteiger partial charge in [-0.3, -0.25) is 4.79 Å². The van der Waals surface area contributed by atoms with Gasteiger partial charge in [0.15, 0.2) is 0 Å². The van der Waals surface area contributed by atoms with Crippen LogP contribution in [-0.2, 0) is 4.79 Å². The monoisotopic (exact) mass is 328 g/mol. The summed E-state index contributed by atoms with van der Waals surface area (Å²) in [6, 6.07) is 0. The molecular formula is C14H24ClF3N2O. The van der Waals surface area contributed by atoms with Crippen LogP contribution in [0.1, 0.15) is 38.5 Å². The van der Waals surface area contributed by atoms with E-state index in [2.05, 4.69) is 0 Å². The molecule has 0 aromatic carbocycles. The van der Waals surface area contributed by atoms with Crippen LogP contribution in [0, 0.1) is 17.8 Å². The molecule has 2 fully saturated rings. The van der Waals surface area contributed by atoms with Crippen LogP contribution in [-0.4, -0.2) is 36.6 Å². The van der Waals surface area contributed by atoms with Crippen molar-refractivity contribution in [2.75, 3.05) is 19.6 Å². The Labute approximate surface area is 129 Å². The van der Waals surface area contributed by atoms with Gasteiger partial charge < -0.3 is 10.6 Å². The predicted octanol–water partition coefficient (Wildman–Crippen LogP) is 2.97. The van der Waals surface area contributed by atoms with Gasteiger partial charge in [-0.2, -0.15) is 13.2 Å². The maximum Gasteiger partial charge on any atom is 0.391 e. The second-order valence-electron chi connectivity index (χ2n) is 6.13. The Hall–Kier alpha value is -0.490. The third-order valence-corrected chi connectivity index (χ3v) is 4.65. The van der Waals surface area contributed by atoms with Crippen molar-refractivity contribution in [3.05, 3.63) is 0 Å². The van der Waals surface area contributed by atoms with Crippen LogP contribution in [0.15, 0.2) is 0 Å². The lowest BCUT2D eigenvalue weighted by Gasteiger charge is -2.37. The lowest BCUT2D eigenvalue weighted by molar-refractivity contribution is -0.187. The summed E-state index contributed by atoms with van der Waals surface area (Å²) in [6.07, 6.45) is -1.03. The zero-order valence-corrected chi connectivity index (χ0v) is 12.9. The van der Waals surface area contributed by atoms with Gasteiger partial charge in [0.25, 0.3) is 0 Å². The summed E-state index contributed by atoms with van der Waals surface area (Å²) in [5.74, 6) is -1.54. The van der Waals surface area contributed by atoms with Crippen LogP contribution < -0.4 is 5.73 Å². The number of halogens is 4. The van der Waals surface area contributed by atoms with E-state index in [1.165, 1.54) is 0 Å². The number of amides is 1. The van der Waals surface area contributed by atoms with E-state index in [9.17, 15) is 18.0 Å². The molecule has 2 rings (SSSR count). The van der Waals surface area contributed by atoms with E-state index in [-0.39, 0.29) is 31.2 Å². The van der Waals surface area contributed by atoms with Crippen LogP contribution >= 0.6 is 12.4 Å². The number of nitrogens with zero attached hydrogens (tertiary/aromatic N) is 1. The van der Waals surface area contributed by atoms with E-state index in [4.69, 9.17) is 5.73 Å². The molecule has 3 atom stereocenters. The number of alkyl halides is 3. The smallest absolute Gasteiger partial charge is 0.342 e. The van der Waals surface area contributed by atoms with Gasteiger partial charge in [-0.25, -0.2) is 0 Å². The minimum atomic E-state index is -4.17. The first-order valence-electron chi connectivity index (χ1n) is 7.47. The number of rotatable bonds is 2. The minimum absolute atomic E-state index is 0. The zero-order chi connectivity index (χ0) is 14.8. The molecule has 2 aliphatic rings. The van der Waals surface area contributed by atoms with Crippen molar-refractivity contribution in [2.45, 2.75) is 44.7 Å². The van der Waals surface area contributed by atoms with Gasteiger partial charge in [-0.05, 0) is 44.6 Å². The first-order chi connectivity index (χ1) is 9.41. The van der Waals surface area contributed by atoms with Gasteiger partial charge >= 0.3 is 6.18 Å². The Morgan fingerprint density at radius 1 is 1.19 bits per heavy atom. The van der Waals surface area contributed by atoms with Crippen molar-refractivity contribution in [2.24, 2.45) is 23.5 Å². The number of likely N-dealkylation sites (tertiary alicyclic amines) is 1. The van der Waals surface area contributed by atoms with Crippen molar-refractivity contribution < 1.29 is 18.0 Å². The van der Waals surface area contributed by atoms with Gasteiger partial charge in [-0.1, -0.05) is 6.42 Å². The fraction of sp³-hybridized carbons (Fsp3) is 0.929. The molecule has 21 heavy (non-hydrogen) atoms. The van der Waals surface area contributed by atoms with Crippen molar-refractivity contribution in [1.82, 2.24) is 4.90 Å². The molecule has 124 valence electrons. The lowest BCUT2D eigenvalue weighted by atomic mass is 9.80. The van der Waals surface area contributed by atoms with Gasteiger partial charge in [0.1, 0.15) is 0 Å². The number of hydrogen-bond donors (Lipinski definition) is 1. The molecule has 3 nitrogen and oxygen atoms in total. The van der Waals surface area contributed by atoms with E-state index in [0.717, 1.165) is 12.8 Å². The average molecular weight is 329 g/mol. The minimum Gasteiger partial charge on any atom is -0.342 e. The Morgan fingerprint density at radius 3 is 2.52 bits per heavy atom.